The molecule has 0 bridgehead atoms. The van der Waals surface area contributed by atoms with E-state index in [4.69, 9.17) is 4.74 Å². The van der Waals surface area contributed by atoms with Crippen molar-refractivity contribution in [2.45, 2.75) is 25.8 Å². The molecule has 0 aliphatic heterocycles. The van der Waals surface area contributed by atoms with Gasteiger partial charge in [-0.15, -0.1) is 0 Å². The van der Waals surface area contributed by atoms with Crippen molar-refractivity contribution >= 4 is 11.6 Å². The van der Waals surface area contributed by atoms with Crippen LogP contribution in [0.5, 0.6) is 5.75 Å². The molecule has 24 heavy (non-hydrogen) atoms. The Labute approximate surface area is 140 Å². The minimum Gasteiger partial charge on any atom is -0.484 e. The third kappa shape index (κ3) is 5.72. The fourth-order valence-corrected chi connectivity index (χ4v) is 2.25. The number of rotatable bonds is 8. The van der Waals surface area contributed by atoms with Crippen molar-refractivity contribution < 1.29 is 14.5 Å². The molecule has 0 saturated carbocycles. The van der Waals surface area contributed by atoms with Crippen LogP contribution in [0.3, 0.4) is 0 Å². The fraction of sp³-hybridized carbons (Fsp3) is 0.278. The van der Waals surface area contributed by atoms with E-state index in [1.165, 1.54) is 23.8 Å². The molecule has 0 heterocycles. The Morgan fingerprint density at radius 2 is 1.96 bits per heavy atom. The van der Waals surface area contributed by atoms with Gasteiger partial charge in [0.25, 0.3) is 11.6 Å². The zero-order chi connectivity index (χ0) is 17.4. The quantitative estimate of drug-likeness (QED) is 0.596. The SMILES string of the molecule is C[C@H](CCc1ccccc1)NC(=O)COc1cccc([N+](=O)[O-])c1. The Morgan fingerprint density at radius 1 is 1.21 bits per heavy atom. The molecule has 1 N–H and O–H groups in total. The second kappa shape index (κ2) is 8.67. The highest BCUT2D eigenvalue weighted by Gasteiger charge is 2.10. The molecule has 0 fully saturated rings. The lowest BCUT2D eigenvalue weighted by Crippen LogP contribution is -2.36. The Bertz CT molecular complexity index is 688. The normalized spacial score (nSPS) is 11.5. The van der Waals surface area contributed by atoms with Gasteiger partial charge in [-0.2, -0.15) is 0 Å². The van der Waals surface area contributed by atoms with E-state index in [9.17, 15) is 14.9 Å². The number of hydrogen-bond acceptors (Lipinski definition) is 4. The van der Waals surface area contributed by atoms with Crippen LogP contribution in [-0.4, -0.2) is 23.5 Å². The van der Waals surface area contributed by atoms with Crippen molar-refractivity contribution in [1.29, 1.82) is 0 Å². The van der Waals surface area contributed by atoms with E-state index >= 15 is 0 Å². The maximum absolute atomic E-state index is 11.9. The molecule has 126 valence electrons. The molecule has 6 nitrogen and oxygen atoms in total. The van der Waals surface area contributed by atoms with Gasteiger partial charge in [-0.3, -0.25) is 14.9 Å². The van der Waals surface area contributed by atoms with Crippen LogP contribution in [0.25, 0.3) is 0 Å². The number of hydrogen-bond donors (Lipinski definition) is 1. The van der Waals surface area contributed by atoms with E-state index in [1.807, 2.05) is 25.1 Å². The maximum Gasteiger partial charge on any atom is 0.273 e. The monoisotopic (exact) mass is 328 g/mol. The van der Waals surface area contributed by atoms with Gasteiger partial charge in [0, 0.05) is 12.1 Å². The predicted octanol–water partition coefficient (Wildman–Crippen LogP) is 3.11. The summed E-state index contributed by atoms with van der Waals surface area (Å²) in [6.07, 6.45) is 1.71. The molecule has 0 spiro atoms. The van der Waals surface area contributed by atoms with Crippen molar-refractivity contribution in [3.05, 3.63) is 70.3 Å². The van der Waals surface area contributed by atoms with Gasteiger partial charge in [0.05, 0.1) is 11.0 Å². The third-order valence-corrected chi connectivity index (χ3v) is 3.51. The number of nitrogens with zero attached hydrogens (tertiary/aromatic N) is 1. The number of non-ortho nitro benzene ring substituents is 1. The van der Waals surface area contributed by atoms with Crippen LogP contribution in [0, 0.1) is 10.1 Å². The van der Waals surface area contributed by atoms with Crippen LogP contribution in [0.4, 0.5) is 5.69 Å². The van der Waals surface area contributed by atoms with Crippen molar-refractivity contribution in [1.82, 2.24) is 5.32 Å². The van der Waals surface area contributed by atoms with Gasteiger partial charge in [-0.1, -0.05) is 36.4 Å². The Morgan fingerprint density at radius 3 is 2.67 bits per heavy atom. The summed E-state index contributed by atoms with van der Waals surface area (Å²) in [6, 6.07) is 15.9. The highest BCUT2D eigenvalue weighted by molar-refractivity contribution is 5.77. The minimum absolute atomic E-state index is 0.0198. The van der Waals surface area contributed by atoms with Crippen LogP contribution < -0.4 is 10.1 Å². The van der Waals surface area contributed by atoms with Crippen molar-refractivity contribution in [3.8, 4) is 5.75 Å². The average molecular weight is 328 g/mol. The Hall–Kier alpha value is -2.89. The number of carbonyl (C=O) groups excluding carboxylic acids is 1. The molecule has 0 aliphatic rings. The summed E-state index contributed by atoms with van der Waals surface area (Å²) < 4.78 is 5.31. The second-order valence-corrected chi connectivity index (χ2v) is 5.54. The van der Waals surface area contributed by atoms with E-state index in [-0.39, 0.29) is 24.2 Å². The molecule has 1 atom stereocenters. The lowest BCUT2D eigenvalue weighted by atomic mass is 10.1. The summed E-state index contributed by atoms with van der Waals surface area (Å²) in [5.41, 5.74) is 1.16. The van der Waals surface area contributed by atoms with Crippen LogP contribution in [0.2, 0.25) is 0 Å². The first kappa shape index (κ1) is 17.5. The Balaban J connectivity index is 1.74. The number of carbonyl (C=O) groups is 1. The molecule has 2 aromatic carbocycles. The van der Waals surface area contributed by atoms with Crippen molar-refractivity contribution in [2.24, 2.45) is 0 Å². The van der Waals surface area contributed by atoms with Crippen LogP contribution in [0.1, 0.15) is 18.9 Å². The average Bonchev–Trinajstić information content (AvgIpc) is 2.59. The highest BCUT2D eigenvalue weighted by Crippen LogP contribution is 2.18. The first-order chi connectivity index (χ1) is 11.5. The number of nitro benzene ring substituents is 1. The van der Waals surface area contributed by atoms with E-state index in [2.05, 4.69) is 17.4 Å². The molecule has 2 aromatic rings. The molecular weight excluding hydrogens is 308 g/mol. The number of nitrogens with one attached hydrogen (secondary N) is 1. The third-order valence-electron chi connectivity index (χ3n) is 3.51. The van der Waals surface area contributed by atoms with E-state index < -0.39 is 4.92 Å². The first-order valence-electron chi connectivity index (χ1n) is 7.75. The lowest BCUT2D eigenvalue weighted by molar-refractivity contribution is -0.384. The lowest BCUT2D eigenvalue weighted by Gasteiger charge is -2.14. The Kier molecular flexibility index (Phi) is 6.31. The number of nitro groups is 1. The van der Waals surface area contributed by atoms with Crippen molar-refractivity contribution in [3.63, 3.8) is 0 Å². The molecule has 0 unspecified atom stereocenters. The van der Waals surface area contributed by atoms with E-state index in [1.54, 1.807) is 6.07 Å². The summed E-state index contributed by atoms with van der Waals surface area (Å²) in [5, 5.41) is 13.6. The largest absolute Gasteiger partial charge is 0.484 e. The smallest absolute Gasteiger partial charge is 0.273 e. The molecular formula is C18H20N2O4. The standard InChI is InChI=1S/C18H20N2O4/c1-14(10-11-15-6-3-2-4-7-15)19-18(21)13-24-17-9-5-8-16(12-17)20(22)23/h2-9,12,14H,10-11,13H2,1H3,(H,19,21)/t14-/m1/s1. The van der Waals surface area contributed by atoms with Crippen molar-refractivity contribution in [2.75, 3.05) is 6.61 Å². The maximum atomic E-state index is 11.9. The zero-order valence-electron chi connectivity index (χ0n) is 13.5. The number of amides is 1. The fourth-order valence-electron chi connectivity index (χ4n) is 2.25. The van der Waals surface area contributed by atoms with Crippen LogP contribution >= 0.6 is 0 Å². The van der Waals surface area contributed by atoms with Gasteiger partial charge in [0.2, 0.25) is 0 Å². The molecule has 2 rings (SSSR count). The number of benzene rings is 2. The summed E-state index contributed by atoms with van der Waals surface area (Å²) in [6.45, 7) is 1.77. The molecule has 0 saturated heterocycles. The van der Waals surface area contributed by atoms with Gasteiger partial charge in [-0.25, -0.2) is 0 Å². The highest BCUT2D eigenvalue weighted by atomic mass is 16.6. The molecule has 0 aliphatic carbocycles. The summed E-state index contributed by atoms with van der Waals surface area (Å²) in [7, 11) is 0. The number of aryl methyl sites for hydroxylation is 1. The van der Waals surface area contributed by atoms with E-state index in [0.717, 1.165) is 12.8 Å². The summed E-state index contributed by atoms with van der Waals surface area (Å²) >= 11 is 0. The number of ether oxygens (including phenoxy) is 1. The van der Waals surface area contributed by atoms with Gasteiger partial charge in [-0.05, 0) is 31.4 Å². The van der Waals surface area contributed by atoms with Gasteiger partial charge in [0.1, 0.15) is 5.75 Å². The predicted molar refractivity (Wildman–Crippen MR) is 91.0 cm³/mol. The second-order valence-electron chi connectivity index (χ2n) is 5.54. The van der Waals surface area contributed by atoms with Gasteiger partial charge >= 0.3 is 0 Å². The van der Waals surface area contributed by atoms with Crippen LogP contribution in [0.15, 0.2) is 54.6 Å². The summed E-state index contributed by atoms with van der Waals surface area (Å²) in [5.74, 6) is 0.0540. The van der Waals surface area contributed by atoms with Gasteiger partial charge in [0.15, 0.2) is 6.61 Å². The van der Waals surface area contributed by atoms with Crippen LogP contribution in [-0.2, 0) is 11.2 Å². The molecule has 0 radical (unpaired) electrons. The zero-order valence-corrected chi connectivity index (χ0v) is 13.5. The van der Waals surface area contributed by atoms with E-state index in [0.29, 0.717) is 5.75 Å². The minimum atomic E-state index is -0.501. The summed E-state index contributed by atoms with van der Waals surface area (Å²) in [4.78, 5) is 22.1. The molecule has 0 aromatic heterocycles. The first-order valence-corrected chi connectivity index (χ1v) is 7.75. The topological polar surface area (TPSA) is 81.5 Å². The van der Waals surface area contributed by atoms with Gasteiger partial charge < -0.3 is 10.1 Å². The molecule has 6 heteroatoms. The molecule has 1 amide bonds.